The Balaban J connectivity index is 1.65. The zero-order valence-electron chi connectivity index (χ0n) is 14.4. The number of anilines is 3. The van der Waals surface area contributed by atoms with Crippen molar-refractivity contribution < 1.29 is 9.53 Å². The first-order valence-electron chi connectivity index (χ1n) is 9.01. The van der Waals surface area contributed by atoms with Gasteiger partial charge < -0.3 is 15.8 Å². The Morgan fingerprint density at radius 2 is 2.25 bits per heavy atom. The van der Waals surface area contributed by atoms with Crippen LogP contribution in [-0.4, -0.2) is 41.7 Å². The van der Waals surface area contributed by atoms with Crippen molar-refractivity contribution in [3.05, 3.63) is 5.56 Å². The largest absolute Gasteiger partial charge is 0.383 e. The molecule has 24 heavy (non-hydrogen) atoms. The highest BCUT2D eigenvalue weighted by molar-refractivity contribution is 6.01. The van der Waals surface area contributed by atoms with Crippen LogP contribution in [0.2, 0.25) is 0 Å². The highest BCUT2D eigenvalue weighted by Gasteiger charge is 2.31. The molecular weight excluding hydrogens is 306 g/mol. The minimum Gasteiger partial charge on any atom is -0.383 e. The Kier molecular flexibility index (Phi) is 5.50. The van der Waals surface area contributed by atoms with E-state index in [2.05, 4.69) is 22.2 Å². The number of amides is 1. The molecule has 3 heterocycles. The molecule has 0 aliphatic carbocycles. The average molecular weight is 333 g/mol. The molecule has 0 radical (unpaired) electrons. The summed E-state index contributed by atoms with van der Waals surface area (Å²) in [6, 6.07) is 0. The first kappa shape index (κ1) is 17.0. The van der Waals surface area contributed by atoms with Gasteiger partial charge in [0.15, 0.2) is 0 Å². The highest BCUT2D eigenvalue weighted by atomic mass is 16.5. The lowest BCUT2D eigenvalue weighted by molar-refractivity contribution is -0.117. The second-order valence-corrected chi connectivity index (χ2v) is 6.51. The van der Waals surface area contributed by atoms with Crippen LogP contribution in [0.15, 0.2) is 0 Å². The molecule has 132 valence electrons. The van der Waals surface area contributed by atoms with Crippen molar-refractivity contribution in [1.82, 2.24) is 9.97 Å². The lowest BCUT2D eigenvalue weighted by Crippen LogP contribution is -2.29. The summed E-state index contributed by atoms with van der Waals surface area (Å²) in [6.45, 7) is 4.47. The fourth-order valence-electron chi connectivity index (χ4n) is 3.28. The fraction of sp³-hybridized carbons (Fsp3) is 0.706. The van der Waals surface area contributed by atoms with E-state index in [9.17, 15) is 4.79 Å². The summed E-state index contributed by atoms with van der Waals surface area (Å²) in [7, 11) is 0. The third kappa shape index (κ3) is 3.77. The van der Waals surface area contributed by atoms with Crippen LogP contribution in [0, 0.1) is 0 Å². The molecule has 1 aromatic rings. The van der Waals surface area contributed by atoms with Crippen molar-refractivity contribution in [3.63, 3.8) is 0 Å². The number of carbonyl (C=O) groups excluding carboxylic acids is 1. The number of rotatable bonds is 8. The third-order valence-electron chi connectivity index (χ3n) is 4.65. The van der Waals surface area contributed by atoms with Gasteiger partial charge in [-0.1, -0.05) is 13.3 Å². The van der Waals surface area contributed by atoms with Crippen molar-refractivity contribution >= 4 is 23.5 Å². The Morgan fingerprint density at radius 3 is 3.00 bits per heavy atom. The van der Waals surface area contributed by atoms with E-state index in [0.29, 0.717) is 36.7 Å². The summed E-state index contributed by atoms with van der Waals surface area (Å²) < 4.78 is 5.65. The van der Waals surface area contributed by atoms with E-state index in [1.165, 1.54) is 0 Å². The molecule has 1 atom stereocenters. The zero-order chi connectivity index (χ0) is 16.9. The van der Waals surface area contributed by atoms with Crippen LogP contribution in [0.1, 0.15) is 51.0 Å². The summed E-state index contributed by atoms with van der Waals surface area (Å²) >= 11 is 0. The lowest BCUT2D eigenvalue weighted by atomic mass is 10.1. The van der Waals surface area contributed by atoms with Gasteiger partial charge >= 0.3 is 0 Å². The predicted molar refractivity (Wildman–Crippen MR) is 94.1 cm³/mol. The topological polar surface area (TPSA) is 93.4 Å². The summed E-state index contributed by atoms with van der Waals surface area (Å²) in [5, 5.41) is 3.19. The van der Waals surface area contributed by atoms with E-state index in [1.807, 2.05) is 0 Å². The number of hydrogen-bond acceptors (Lipinski definition) is 6. The van der Waals surface area contributed by atoms with Crippen molar-refractivity contribution in [3.8, 4) is 0 Å². The van der Waals surface area contributed by atoms with Crippen LogP contribution < -0.4 is 16.0 Å². The molecule has 1 saturated heterocycles. The van der Waals surface area contributed by atoms with Crippen LogP contribution in [0.25, 0.3) is 0 Å². The number of carbonyl (C=O) groups is 1. The van der Waals surface area contributed by atoms with Crippen LogP contribution in [0.5, 0.6) is 0 Å². The van der Waals surface area contributed by atoms with Gasteiger partial charge in [-0.25, -0.2) is 0 Å². The number of nitrogens with zero attached hydrogens (tertiary/aromatic N) is 3. The van der Waals surface area contributed by atoms with Crippen LogP contribution >= 0.6 is 0 Å². The number of aromatic nitrogens is 2. The first-order chi connectivity index (χ1) is 11.7. The fourth-order valence-corrected chi connectivity index (χ4v) is 3.28. The quantitative estimate of drug-likeness (QED) is 0.708. The minimum absolute atomic E-state index is 0.0593. The summed E-state index contributed by atoms with van der Waals surface area (Å²) in [4.78, 5) is 22.9. The Labute approximate surface area is 143 Å². The number of nitrogen functional groups attached to an aromatic ring is 1. The molecule has 7 nitrogen and oxygen atoms in total. The van der Waals surface area contributed by atoms with Crippen molar-refractivity contribution in [1.29, 1.82) is 0 Å². The molecular formula is C17H27N5O2. The van der Waals surface area contributed by atoms with Crippen molar-refractivity contribution in [2.24, 2.45) is 0 Å². The molecule has 1 aromatic heterocycles. The maximum atomic E-state index is 12.3. The van der Waals surface area contributed by atoms with Crippen LogP contribution in [-0.2, 0) is 16.0 Å². The van der Waals surface area contributed by atoms with Crippen LogP contribution in [0.3, 0.4) is 0 Å². The van der Waals surface area contributed by atoms with E-state index in [0.717, 1.165) is 57.2 Å². The molecule has 1 amide bonds. The van der Waals surface area contributed by atoms with Gasteiger partial charge in [-0.2, -0.15) is 9.97 Å². The SMILES string of the molecule is CCCCNc1nc(N)c2c(n1)N(CCCC1CCCO1)C(=O)C2. The lowest BCUT2D eigenvalue weighted by Gasteiger charge is -2.18. The molecule has 1 fully saturated rings. The van der Waals surface area contributed by atoms with Gasteiger partial charge in [-0.15, -0.1) is 0 Å². The minimum atomic E-state index is 0.0593. The molecule has 0 aromatic carbocycles. The van der Waals surface area contributed by atoms with E-state index in [1.54, 1.807) is 4.90 Å². The van der Waals surface area contributed by atoms with E-state index >= 15 is 0 Å². The number of unbranched alkanes of at least 4 members (excludes halogenated alkanes) is 1. The molecule has 0 spiro atoms. The van der Waals surface area contributed by atoms with Gasteiger partial charge in [0.2, 0.25) is 11.9 Å². The molecule has 0 bridgehead atoms. The maximum Gasteiger partial charge on any atom is 0.232 e. The monoisotopic (exact) mass is 333 g/mol. The molecule has 3 rings (SSSR count). The molecule has 1 unspecified atom stereocenters. The number of ether oxygens (including phenoxy) is 1. The zero-order valence-corrected chi connectivity index (χ0v) is 14.4. The first-order valence-corrected chi connectivity index (χ1v) is 9.01. The molecule has 7 heteroatoms. The Bertz CT molecular complexity index is 587. The van der Waals surface area contributed by atoms with Gasteiger partial charge in [-0.05, 0) is 32.1 Å². The van der Waals surface area contributed by atoms with Gasteiger partial charge in [0, 0.05) is 25.3 Å². The number of nitrogens with two attached hydrogens (primary N) is 1. The van der Waals surface area contributed by atoms with Gasteiger partial charge in [0.05, 0.1) is 12.5 Å². The standard InChI is InChI=1S/C17H27N5O2/c1-2-3-8-19-17-20-15(18)13-11-14(23)22(16(13)21-17)9-4-6-12-7-5-10-24-12/h12H,2-11H2,1H3,(H3,18,19,20,21). The van der Waals surface area contributed by atoms with E-state index < -0.39 is 0 Å². The molecule has 2 aliphatic heterocycles. The average Bonchev–Trinajstić information content (AvgIpc) is 3.17. The van der Waals surface area contributed by atoms with E-state index in [4.69, 9.17) is 10.5 Å². The predicted octanol–water partition coefficient (Wildman–Crippen LogP) is 2.12. The Morgan fingerprint density at radius 1 is 1.38 bits per heavy atom. The second-order valence-electron chi connectivity index (χ2n) is 6.51. The smallest absolute Gasteiger partial charge is 0.232 e. The van der Waals surface area contributed by atoms with E-state index in [-0.39, 0.29) is 5.91 Å². The Hall–Kier alpha value is -1.89. The summed E-state index contributed by atoms with van der Waals surface area (Å²) in [5.74, 6) is 1.66. The number of hydrogen-bond donors (Lipinski definition) is 2. The third-order valence-corrected chi connectivity index (χ3v) is 4.65. The number of nitrogens with one attached hydrogen (secondary N) is 1. The van der Waals surface area contributed by atoms with Gasteiger partial charge in [0.25, 0.3) is 0 Å². The highest BCUT2D eigenvalue weighted by Crippen LogP contribution is 2.32. The van der Waals surface area contributed by atoms with Crippen molar-refractivity contribution in [2.75, 3.05) is 35.6 Å². The van der Waals surface area contributed by atoms with Gasteiger partial charge in [0.1, 0.15) is 11.6 Å². The number of fused-ring (bicyclic) bond motifs is 1. The molecule has 0 saturated carbocycles. The van der Waals surface area contributed by atoms with Crippen molar-refractivity contribution in [2.45, 2.75) is 58.0 Å². The second kappa shape index (κ2) is 7.79. The van der Waals surface area contributed by atoms with Crippen LogP contribution in [0.4, 0.5) is 17.6 Å². The molecule has 2 aliphatic rings. The maximum absolute atomic E-state index is 12.3. The summed E-state index contributed by atoms with van der Waals surface area (Å²) in [5.41, 5.74) is 6.80. The molecule has 3 N–H and O–H groups in total. The normalized spacial score (nSPS) is 19.8. The summed E-state index contributed by atoms with van der Waals surface area (Å²) in [6.07, 6.45) is 6.98. The van der Waals surface area contributed by atoms with Gasteiger partial charge in [-0.3, -0.25) is 9.69 Å².